The van der Waals surface area contributed by atoms with E-state index in [4.69, 9.17) is 9.52 Å². The molecule has 1 N–H and O–H groups in total. The Morgan fingerprint density at radius 3 is 2.81 bits per heavy atom. The molecule has 0 fully saturated rings. The highest BCUT2D eigenvalue weighted by molar-refractivity contribution is 9.10. The molecule has 3 rings (SSSR count). The van der Waals surface area contributed by atoms with Gasteiger partial charge in [-0.2, -0.15) is 0 Å². The third-order valence-corrected chi connectivity index (χ3v) is 4.54. The number of hydrogen-bond donors (Lipinski definition) is 1. The molecule has 0 atom stereocenters. The molecule has 21 heavy (non-hydrogen) atoms. The topological polar surface area (TPSA) is 63.3 Å². The summed E-state index contributed by atoms with van der Waals surface area (Å²) in [5.41, 5.74) is 2.85. The zero-order chi connectivity index (χ0) is 14.8. The fourth-order valence-electron chi connectivity index (χ4n) is 1.85. The van der Waals surface area contributed by atoms with Gasteiger partial charge in [0.1, 0.15) is 5.52 Å². The van der Waals surface area contributed by atoms with Crippen LogP contribution in [0.4, 0.5) is 0 Å². The average molecular weight is 364 g/mol. The molecule has 1 heterocycles. The molecule has 0 saturated carbocycles. The summed E-state index contributed by atoms with van der Waals surface area (Å²) in [5, 5.41) is 9.54. The normalized spacial score (nSPS) is 10.9. The number of rotatable bonds is 4. The number of oxazole rings is 1. The lowest BCUT2D eigenvalue weighted by Gasteiger charge is -2.03. The summed E-state index contributed by atoms with van der Waals surface area (Å²) in [6.07, 6.45) is 0. The maximum atomic E-state index is 10.9. The Bertz CT molecular complexity index is 783. The lowest BCUT2D eigenvalue weighted by atomic mass is 10.1. The van der Waals surface area contributed by atoms with Crippen LogP contribution in [0, 0.1) is 0 Å². The van der Waals surface area contributed by atoms with E-state index in [0.717, 1.165) is 21.1 Å². The van der Waals surface area contributed by atoms with Crippen LogP contribution in [0.25, 0.3) is 11.1 Å². The van der Waals surface area contributed by atoms with E-state index < -0.39 is 5.97 Å². The number of para-hydroxylation sites is 2. The zero-order valence-corrected chi connectivity index (χ0v) is 13.1. The number of carbonyl (C=O) groups is 1. The van der Waals surface area contributed by atoms with Gasteiger partial charge < -0.3 is 9.52 Å². The zero-order valence-electron chi connectivity index (χ0n) is 10.7. The van der Waals surface area contributed by atoms with Gasteiger partial charge in [-0.3, -0.25) is 0 Å². The minimum Gasteiger partial charge on any atom is -0.478 e. The predicted octanol–water partition coefficient (Wildman–Crippen LogP) is 4.58. The molecule has 0 bridgehead atoms. The summed E-state index contributed by atoms with van der Waals surface area (Å²) in [6.45, 7) is 0. The third kappa shape index (κ3) is 3.11. The number of aromatic nitrogens is 1. The van der Waals surface area contributed by atoms with E-state index in [1.54, 1.807) is 18.2 Å². The van der Waals surface area contributed by atoms with Gasteiger partial charge in [-0.15, -0.1) is 0 Å². The van der Waals surface area contributed by atoms with Crippen LogP contribution in [0.3, 0.4) is 0 Å². The number of carboxylic acids is 1. The Morgan fingerprint density at radius 2 is 2.10 bits per heavy atom. The molecule has 1 aromatic heterocycles. The summed E-state index contributed by atoms with van der Waals surface area (Å²) >= 11 is 4.87. The van der Waals surface area contributed by atoms with Gasteiger partial charge in [0, 0.05) is 10.2 Å². The molecule has 0 aliphatic heterocycles. The van der Waals surface area contributed by atoms with Gasteiger partial charge in [-0.25, -0.2) is 9.78 Å². The van der Waals surface area contributed by atoms with Gasteiger partial charge >= 0.3 is 5.97 Å². The van der Waals surface area contributed by atoms with Crippen molar-refractivity contribution in [2.75, 3.05) is 0 Å². The molecule has 106 valence electrons. The standard InChI is InChI=1S/C15H10BrNO3S/c16-11-7-9(14(18)19)5-6-10(11)8-21-15-17-12-3-1-2-4-13(12)20-15/h1-7H,8H2,(H,18,19). The first-order valence-corrected chi connectivity index (χ1v) is 7.91. The lowest BCUT2D eigenvalue weighted by Crippen LogP contribution is -1.96. The smallest absolute Gasteiger partial charge is 0.335 e. The van der Waals surface area contributed by atoms with Gasteiger partial charge in [0.25, 0.3) is 5.22 Å². The van der Waals surface area contributed by atoms with Crippen LogP contribution in [0.1, 0.15) is 15.9 Å². The minimum absolute atomic E-state index is 0.262. The Balaban J connectivity index is 1.76. The molecule has 4 nitrogen and oxygen atoms in total. The van der Waals surface area contributed by atoms with Crippen molar-refractivity contribution in [1.29, 1.82) is 0 Å². The van der Waals surface area contributed by atoms with E-state index >= 15 is 0 Å². The lowest BCUT2D eigenvalue weighted by molar-refractivity contribution is 0.0697. The van der Waals surface area contributed by atoms with Gasteiger partial charge in [-0.1, -0.05) is 45.9 Å². The van der Waals surface area contributed by atoms with Crippen LogP contribution in [-0.2, 0) is 5.75 Å². The number of halogens is 1. The van der Waals surface area contributed by atoms with Crippen LogP contribution < -0.4 is 0 Å². The second-order valence-electron chi connectivity index (χ2n) is 4.35. The van der Waals surface area contributed by atoms with Crippen LogP contribution in [0.2, 0.25) is 0 Å². The van der Waals surface area contributed by atoms with E-state index in [1.165, 1.54) is 11.8 Å². The van der Waals surface area contributed by atoms with Gasteiger partial charge in [-0.05, 0) is 29.8 Å². The molecule has 0 spiro atoms. The first-order valence-electron chi connectivity index (χ1n) is 6.13. The Kier molecular flexibility index (Phi) is 3.98. The Labute approximate surface area is 133 Å². The van der Waals surface area contributed by atoms with Crippen molar-refractivity contribution in [1.82, 2.24) is 4.98 Å². The van der Waals surface area contributed by atoms with Crippen LogP contribution in [-0.4, -0.2) is 16.1 Å². The Morgan fingerprint density at radius 1 is 1.29 bits per heavy atom. The van der Waals surface area contributed by atoms with Crippen LogP contribution >= 0.6 is 27.7 Å². The SMILES string of the molecule is O=C(O)c1ccc(CSc2nc3ccccc3o2)c(Br)c1. The van der Waals surface area contributed by atoms with Crippen molar-refractivity contribution in [3.8, 4) is 0 Å². The fourth-order valence-corrected chi connectivity index (χ4v) is 3.40. The molecule has 0 aliphatic carbocycles. The molecule has 0 amide bonds. The molecule has 2 aromatic carbocycles. The largest absolute Gasteiger partial charge is 0.478 e. The summed E-state index contributed by atoms with van der Waals surface area (Å²) in [7, 11) is 0. The predicted molar refractivity (Wildman–Crippen MR) is 84.7 cm³/mol. The van der Waals surface area contributed by atoms with Crippen molar-refractivity contribution >= 4 is 44.8 Å². The first kappa shape index (κ1) is 14.2. The van der Waals surface area contributed by atoms with Gasteiger partial charge in [0.15, 0.2) is 5.58 Å². The number of hydrogen-bond acceptors (Lipinski definition) is 4. The van der Waals surface area contributed by atoms with Crippen molar-refractivity contribution in [2.24, 2.45) is 0 Å². The quantitative estimate of drug-likeness (QED) is 0.687. The van der Waals surface area contributed by atoms with Gasteiger partial charge in [0.05, 0.1) is 5.56 Å². The number of nitrogens with zero attached hydrogens (tertiary/aromatic N) is 1. The molecule has 0 unspecified atom stereocenters. The molecular formula is C15H10BrNO3S. The van der Waals surface area contributed by atoms with Crippen molar-refractivity contribution in [3.63, 3.8) is 0 Å². The highest BCUT2D eigenvalue weighted by atomic mass is 79.9. The van der Waals surface area contributed by atoms with E-state index in [1.807, 2.05) is 24.3 Å². The minimum atomic E-state index is -0.936. The molecule has 0 aliphatic rings. The van der Waals surface area contributed by atoms with Crippen molar-refractivity contribution in [2.45, 2.75) is 11.0 Å². The summed E-state index contributed by atoms with van der Waals surface area (Å²) < 4.78 is 6.40. The number of carboxylic acid groups (broad SMARTS) is 1. The van der Waals surface area contributed by atoms with E-state index in [9.17, 15) is 4.79 Å². The monoisotopic (exact) mass is 363 g/mol. The van der Waals surface area contributed by atoms with Gasteiger partial charge in [0.2, 0.25) is 0 Å². The molecule has 0 saturated heterocycles. The van der Waals surface area contributed by atoms with E-state index in [-0.39, 0.29) is 5.56 Å². The number of fused-ring (bicyclic) bond motifs is 1. The van der Waals surface area contributed by atoms with E-state index in [2.05, 4.69) is 20.9 Å². The second kappa shape index (κ2) is 5.91. The first-order chi connectivity index (χ1) is 10.1. The molecular weight excluding hydrogens is 354 g/mol. The summed E-state index contributed by atoms with van der Waals surface area (Å²) in [6, 6.07) is 12.6. The maximum Gasteiger partial charge on any atom is 0.335 e. The summed E-state index contributed by atoms with van der Waals surface area (Å²) in [5.74, 6) is -0.290. The number of aromatic carboxylic acids is 1. The fraction of sp³-hybridized carbons (Fsp3) is 0.0667. The molecule has 3 aromatic rings. The Hall–Kier alpha value is -1.79. The summed E-state index contributed by atoms with van der Waals surface area (Å²) in [4.78, 5) is 15.3. The highest BCUT2D eigenvalue weighted by Crippen LogP contribution is 2.29. The average Bonchev–Trinajstić information content (AvgIpc) is 2.88. The van der Waals surface area contributed by atoms with Crippen LogP contribution in [0.5, 0.6) is 0 Å². The second-order valence-corrected chi connectivity index (χ2v) is 6.13. The third-order valence-electron chi connectivity index (χ3n) is 2.93. The number of benzene rings is 2. The highest BCUT2D eigenvalue weighted by Gasteiger charge is 2.10. The molecule has 0 radical (unpaired) electrons. The van der Waals surface area contributed by atoms with E-state index in [0.29, 0.717) is 11.0 Å². The maximum absolute atomic E-state index is 10.9. The van der Waals surface area contributed by atoms with Crippen LogP contribution in [0.15, 0.2) is 56.6 Å². The van der Waals surface area contributed by atoms with Crippen molar-refractivity contribution in [3.05, 3.63) is 58.1 Å². The van der Waals surface area contributed by atoms with Crippen molar-refractivity contribution < 1.29 is 14.3 Å². The number of thioether (sulfide) groups is 1. The molecule has 6 heteroatoms.